The predicted molar refractivity (Wildman–Crippen MR) is 82.0 cm³/mol. The molecule has 1 amide bonds. The molecular weight excluding hydrogens is 267 g/mol. The molecule has 3 nitrogen and oxygen atoms in total. The molecular formula is C17H25FN2O. The van der Waals surface area contributed by atoms with Crippen molar-refractivity contribution in [1.82, 2.24) is 4.90 Å². The Balaban J connectivity index is 2.23. The summed E-state index contributed by atoms with van der Waals surface area (Å²) >= 11 is 0. The van der Waals surface area contributed by atoms with Gasteiger partial charge < -0.3 is 10.6 Å². The van der Waals surface area contributed by atoms with Gasteiger partial charge in [-0.1, -0.05) is 32.0 Å². The summed E-state index contributed by atoms with van der Waals surface area (Å²) in [6.45, 7) is 4.70. The molecule has 2 N–H and O–H groups in total. The minimum absolute atomic E-state index is 0.0840. The summed E-state index contributed by atoms with van der Waals surface area (Å²) in [4.78, 5) is 14.8. The molecule has 0 saturated heterocycles. The van der Waals surface area contributed by atoms with E-state index in [4.69, 9.17) is 5.73 Å². The number of hydrogen-bond donors (Lipinski definition) is 1. The largest absolute Gasteiger partial charge is 0.335 e. The topological polar surface area (TPSA) is 46.3 Å². The third kappa shape index (κ3) is 3.26. The van der Waals surface area contributed by atoms with E-state index in [1.807, 2.05) is 24.8 Å². The molecule has 21 heavy (non-hydrogen) atoms. The second-order valence-electron chi connectivity index (χ2n) is 5.95. The minimum atomic E-state index is -0.506. The van der Waals surface area contributed by atoms with Crippen LogP contribution in [-0.2, 0) is 11.3 Å². The first-order valence-electron chi connectivity index (χ1n) is 7.82. The van der Waals surface area contributed by atoms with Gasteiger partial charge in [0, 0.05) is 24.7 Å². The Hall–Kier alpha value is -1.42. The number of benzene rings is 1. The molecule has 0 unspecified atom stereocenters. The van der Waals surface area contributed by atoms with Gasteiger partial charge in [0.15, 0.2) is 0 Å². The first kappa shape index (κ1) is 16.0. The molecule has 0 radical (unpaired) electrons. The van der Waals surface area contributed by atoms with Crippen LogP contribution in [0.3, 0.4) is 0 Å². The van der Waals surface area contributed by atoms with Crippen molar-refractivity contribution in [2.24, 2.45) is 11.1 Å². The van der Waals surface area contributed by atoms with Gasteiger partial charge in [-0.05, 0) is 31.7 Å². The molecule has 1 fully saturated rings. The summed E-state index contributed by atoms with van der Waals surface area (Å²) in [6.07, 6.45) is 3.46. The molecule has 1 saturated carbocycles. The van der Waals surface area contributed by atoms with Gasteiger partial charge in [-0.15, -0.1) is 0 Å². The van der Waals surface area contributed by atoms with E-state index >= 15 is 0 Å². The van der Waals surface area contributed by atoms with Crippen LogP contribution in [0, 0.1) is 11.2 Å². The quantitative estimate of drug-likeness (QED) is 0.839. The third-order valence-electron chi connectivity index (χ3n) is 4.75. The first-order chi connectivity index (χ1) is 10.1. The fraction of sp³-hybridized carbons (Fsp3) is 0.588. The lowest BCUT2D eigenvalue weighted by Gasteiger charge is -2.35. The van der Waals surface area contributed by atoms with E-state index in [9.17, 15) is 9.18 Å². The molecule has 0 aromatic heterocycles. The number of carbonyl (C=O) groups excluding carboxylic acids is 1. The predicted octanol–water partition coefficient (Wildman–Crippen LogP) is 3.08. The Kier molecular flexibility index (Phi) is 4.99. The van der Waals surface area contributed by atoms with Crippen LogP contribution in [0.4, 0.5) is 4.39 Å². The molecule has 0 bridgehead atoms. The van der Waals surface area contributed by atoms with Crippen LogP contribution in [0.15, 0.2) is 24.3 Å². The monoisotopic (exact) mass is 292 g/mol. The van der Waals surface area contributed by atoms with Crippen LogP contribution < -0.4 is 5.73 Å². The number of halogens is 1. The van der Waals surface area contributed by atoms with Gasteiger partial charge in [-0.25, -0.2) is 4.39 Å². The van der Waals surface area contributed by atoms with Crippen molar-refractivity contribution in [3.05, 3.63) is 35.6 Å². The third-order valence-corrected chi connectivity index (χ3v) is 4.75. The molecule has 0 spiro atoms. The van der Waals surface area contributed by atoms with Crippen molar-refractivity contribution in [3.63, 3.8) is 0 Å². The van der Waals surface area contributed by atoms with Crippen molar-refractivity contribution in [1.29, 1.82) is 0 Å². The fourth-order valence-electron chi connectivity index (χ4n) is 2.80. The molecule has 4 heteroatoms. The normalized spacial score (nSPS) is 15.0. The molecule has 116 valence electrons. The highest BCUT2D eigenvalue weighted by atomic mass is 19.1. The van der Waals surface area contributed by atoms with Crippen molar-refractivity contribution in [2.75, 3.05) is 6.54 Å². The summed E-state index contributed by atoms with van der Waals surface area (Å²) in [5.41, 5.74) is 5.96. The number of hydrogen-bond acceptors (Lipinski definition) is 2. The van der Waals surface area contributed by atoms with Gasteiger partial charge in [-0.2, -0.15) is 0 Å². The molecule has 2 rings (SSSR count). The zero-order valence-electron chi connectivity index (χ0n) is 12.9. The number of carbonyl (C=O) groups is 1. The minimum Gasteiger partial charge on any atom is -0.335 e. The molecule has 0 atom stereocenters. The van der Waals surface area contributed by atoms with E-state index in [-0.39, 0.29) is 17.8 Å². The first-order valence-corrected chi connectivity index (χ1v) is 7.82. The average Bonchev–Trinajstić information content (AvgIpc) is 3.33. The van der Waals surface area contributed by atoms with E-state index in [2.05, 4.69) is 0 Å². The molecule has 0 heterocycles. The van der Waals surface area contributed by atoms with Crippen LogP contribution in [0.25, 0.3) is 0 Å². The number of amides is 1. The highest BCUT2D eigenvalue weighted by molar-refractivity contribution is 5.83. The molecule has 1 aliphatic carbocycles. The highest BCUT2D eigenvalue weighted by Crippen LogP contribution is 2.35. The number of rotatable bonds is 7. The van der Waals surface area contributed by atoms with Gasteiger partial charge in [-0.3, -0.25) is 4.79 Å². The molecule has 0 aliphatic heterocycles. The second kappa shape index (κ2) is 6.56. The molecule has 1 aliphatic rings. The smallest absolute Gasteiger partial charge is 0.230 e. The lowest BCUT2D eigenvalue weighted by Crippen LogP contribution is -2.48. The molecule has 1 aromatic rings. The fourth-order valence-corrected chi connectivity index (χ4v) is 2.80. The highest BCUT2D eigenvalue weighted by Gasteiger charge is 2.42. The van der Waals surface area contributed by atoms with E-state index in [1.54, 1.807) is 12.1 Å². The summed E-state index contributed by atoms with van der Waals surface area (Å²) in [5, 5.41) is 0. The standard InChI is InChI=1S/C17H25FN2O/c1-3-17(4-2,12-19)16(21)20(14-9-10-14)11-13-7-5-6-8-15(13)18/h5-8,14H,3-4,9-12,19H2,1-2H3. The SMILES string of the molecule is CCC(CC)(CN)C(=O)N(Cc1ccccc1F)C1CC1. The Morgan fingerprint density at radius 3 is 2.43 bits per heavy atom. The number of nitrogens with zero attached hydrogens (tertiary/aromatic N) is 1. The van der Waals surface area contributed by atoms with Gasteiger partial charge in [0.05, 0.1) is 5.41 Å². The van der Waals surface area contributed by atoms with E-state index in [0.29, 0.717) is 18.7 Å². The Morgan fingerprint density at radius 2 is 1.95 bits per heavy atom. The van der Waals surface area contributed by atoms with E-state index in [1.165, 1.54) is 6.07 Å². The van der Waals surface area contributed by atoms with Crippen LogP contribution >= 0.6 is 0 Å². The van der Waals surface area contributed by atoms with Crippen LogP contribution in [0.5, 0.6) is 0 Å². The van der Waals surface area contributed by atoms with Gasteiger partial charge in [0.1, 0.15) is 5.82 Å². The lowest BCUT2D eigenvalue weighted by molar-refractivity contribution is -0.143. The Morgan fingerprint density at radius 1 is 1.33 bits per heavy atom. The van der Waals surface area contributed by atoms with Crippen molar-refractivity contribution < 1.29 is 9.18 Å². The molecule has 1 aromatic carbocycles. The van der Waals surface area contributed by atoms with Crippen molar-refractivity contribution >= 4 is 5.91 Å². The summed E-state index contributed by atoms with van der Waals surface area (Å²) in [5.74, 6) is -0.164. The van der Waals surface area contributed by atoms with E-state index in [0.717, 1.165) is 25.7 Å². The Labute approximate surface area is 126 Å². The van der Waals surface area contributed by atoms with Crippen molar-refractivity contribution in [2.45, 2.75) is 52.1 Å². The van der Waals surface area contributed by atoms with Crippen molar-refractivity contribution in [3.8, 4) is 0 Å². The van der Waals surface area contributed by atoms with Gasteiger partial charge in [0.2, 0.25) is 5.91 Å². The zero-order valence-corrected chi connectivity index (χ0v) is 12.9. The average molecular weight is 292 g/mol. The van der Waals surface area contributed by atoms with E-state index < -0.39 is 5.41 Å². The van der Waals surface area contributed by atoms with Crippen LogP contribution in [0.1, 0.15) is 45.1 Å². The maximum absolute atomic E-state index is 13.9. The zero-order chi connectivity index (χ0) is 15.5. The maximum Gasteiger partial charge on any atom is 0.230 e. The van der Waals surface area contributed by atoms with Crippen LogP contribution in [0.2, 0.25) is 0 Å². The van der Waals surface area contributed by atoms with Gasteiger partial charge >= 0.3 is 0 Å². The number of nitrogens with two attached hydrogens (primary N) is 1. The lowest BCUT2D eigenvalue weighted by atomic mass is 9.80. The summed E-state index contributed by atoms with van der Waals surface area (Å²) in [7, 11) is 0. The maximum atomic E-state index is 13.9. The Bertz CT molecular complexity index is 487. The second-order valence-corrected chi connectivity index (χ2v) is 5.95. The van der Waals surface area contributed by atoms with Gasteiger partial charge in [0.25, 0.3) is 0 Å². The summed E-state index contributed by atoms with van der Waals surface area (Å²) < 4.78 is 13.9. The summed E-state index contributed by atoms with van der Waals surface area (Å²) in [6, 6.07) is 6.93. The van der Waals surface area contributed by atoms with Crippen LogP contribution in [-0.4, -0.2) is 23.4 Å².